The maximum absolute atomic E-state index is 13.5. The summed E-state index contributed by atoms with van der Waals surface area (Å²) in [5.41, 5.74) is 1.27. The standard InChI is InChI=1S/C25H42N7O20P3S/c1-24(2,20(39)22(40)28-4-3-14(34)27-5-6-56)9-49-55(46,47)52-54(44,45)48-8-13-17(51-53(41,42)43)16(37)23(50-13)32-11-30-18-21(26)29-10-31-25(18,32)19(38)12(33)7-15(35)36/h10,12-13,16-17,20,23,33,37,39,56H,3-9,11H2,1-2H3,(H,27,34)(H,28,40)(H,35,36)(H,44,45)(H,46,47)(H2,26,29,31)(H2,41,42,43)/t12?,13-,16-,17-,20?,23-,25?/m1/s1. The normalized spacial score (nSPS) is 27.2. The van der Waals surface area contributed by atoms with Crippen molar-refractivity contribution < 1.29 is 95.5 Å². The summed E-state index contributed by atoms with van der Waals surface area (Å²) >= 11 is 3.94. The molecule has 3 aliphatic rings. The van der Waals surface area contributed by atoms with Gasteiger partial charge in [0.2, 0.25) is 23.3 Å². The molecule has 0 aromatic heterocycles. The molecule has 0 aromatic rings. The number of ketones is 1. The molecule has 0 spiro atoms. The van der Waals surface area contributed by atoms with Crippen molar-refractivity contribution in [1.29, 1.82) is 0 Å². The zero-order chi connectivity index (χ0) is 42.4. The minimum Gasteiger partial charge on any atom is -0.481 e. The molecule has 1 fully saturated rings. The summed E-state index contributed by atoms with van der Waals surface area (Å²) < 4.78 is 61.2. The molecule has 318 valence electrons. The molecule has 56 heavy (non-hydrogen) atoms. The largest absolute Gasteiger partial charge is 0.481 e. The molecule has 9 atom stereocenters. The third-order valence-corrected chi connectivity index (χ3v) is 11.3. The number of aliphatic hydroxyl groups is 3. The van der Waals surface area contributed by atoms with E-state index in [4.69, 9.17) is 24.6 Å². The molecule has 0 radical (unpaired) electrons. The summed E-state index contributed by atoms with van der Waals surface area (Å²) in [4.78, 5) is 101. The van der Waals surface area contributed by atoms with Gasteiger partial charge in [0.1, 0.15) is 48.8 Å². The van der Waals surface area contributed by atoms with Crippen LogP contribution in [0.4, 0.5) is 0 Å². The van der Waals surface area contributed by atoms with Crippen LogP contribution in [-0.2, 0) is 55.5 Å². The summed E-state index contributed by atoms with van der Waals surface area (Å²) in [5, 5.41) is 46.0. The Morgan fingerprint density at radius 1 is 1.11 bits per heavy atom. The number of nitrogens with one attached hydrogen (secondary N) is 2. The number of ether oxygens (including phenoxy) is 1. The number of fused-ring (bicyclic) bond motifs is 1. The Morgan fingerprint density at radius 3 is 2.36 bits per heavy atom. The number of carboxylic acids is 1. The molecule has 31 heteroatoms. The van der Waals surface area contributed by atoms with Gasteiger partial charge in [-0.2, -0.15) is 16.9 Å². The average Bonchev–Trinajstić information content (AvgIpc) is 3.61. The molecule has 0 saturated carbocycles. The highest BCUT2D eigenvalue weighted by atomic mass is 32.1. The quantitative estimate of drug-likeness (QED) is 0.0364. The number of amides is 2. The van der Waals surface area contributed by atoms with Crippen LogP contribution in [0.15, 0.2) is 15.0 Å². The number of nitrogens with zero attached hydrogens (tertiary/aromatic N) is 4. The number of amidine groups is 1. The molecule has 0 aliphatic carbocycles. The molecule has 27 nitrogen and oxygen atoms in total. The van der Waals surface area contributed by atoms with Crippen molar-refractivity contribution in [3.05, 3.63) is 0 Å². The van der Waals surface area contributed by atoms with E-state index in [-0.39, 0.29) is 19.5 Å². The Balaban J connectivity index is 1.72. The fourth-order valence-electron chi connectivity index (χ4n) is 5.31. The number of aliphatic carboxylic acids is 1. The van der Waals surface area contributed by atoms with Crippen molar-refractivity contribution in [2.24, 2.45) is 26.1 Å². The summed E-state index contributed by atoms with van der Waals surface area (Å²) in [6, 6.07) is 0. The number of hydrogen-bond acceptors (Lipinski definition) is 21. The van der Waals surface area contributed by atoms with Crippen LogP contribution >= 0.6 is 36.1 Å². The van der Waals surface area contributed by atoms with Crippen LogP contribution in [0.25, 0.3) is 0 Å². The maximum Gasteiger partial charge on any atom is 0.481 e. The first-order chi connectivity index (χ1) is 25.8. The summed E-state index contributed by atoms with van der Waals surface area (Å²) in [7, 11) is -16.8. The van der Waals surface area contributed by atoms with Crippen LogP contribution in [0.2, 0.25) is 0 Å². The van der Waals surface area contributed by atoms with Crippen LogP contribution in [0.5, 0.6) is 0 Å². The minimum atomic E-state index is -5.72. The summed E-state index contributed by atoms with van der Waals surface area (Å²) in [6.45, 7) is -0.377. The fraction of sp³-hybridized carbons (Fsp3) is 0.720. The Morgan fingerprint density at radius 2 is 1.75 bits per heavy atom. The van der Waals surface area contributed by atoms with E-state index in [1.165, 1.54) is 13.8 Å². The van der Waals surface area contributed by atoms with Gasteiger partial charge in [-0.05, 0) is 0 Å². The number of carboxylic acid groups (broad SMARTS) is 1. The fourth-order valence-corrected chi connectivity index (χ4v) is 8.25. The molecule has 0 bridgehead atoms. The van der Waals surface area contributed by atoms with Crippen LogP contribution in [0, 0.1) is 5.41 Å². The number of phosphoric acid groups is 3. The Labute approximate surface area is 322 Å². The second-order valence-electron chi connectivity index (χ2n) is 12.7. The lowest BCUT2D eigenvalue weighted by Gasteiger charge is -2.39. The molecule has 3 aliphatic heterocycles. The number of rotatable bonds is 22. The van der Waals surface area contributed by atoms with Crippen molar-refractivity contribution in [1.82, 2.24) is 15.5 Å². The monoisotopic (exact) mass is 885 g/mol. The average molecular weight is 886 g/mol. The maximum atomic E-state index is 13.5. The lowest BCUT2D eigenvalue weighted by molar-refractivity contribution is -0.154. The van der Waals surface area contributed by atoms with Crippen LogP contribution in [-0.4, -0.2) is 167 Å². The second kappa shape index (κ2) is 19.0. The molecule has 12 N–H and O–H groups in total. The lowest BCUT2D eigenvalue weighted by Crippen LogP contribution is -2.66. The third kappa shape index (κ3) is 12.2. The van der Waals surface area contributed by atoms with Gasteiger partial charge in [0.05, 0.1) is 26.3 Å². The van der Waals surface area contributed by atoms with Crippen molar-refractivity contribution in [2.45, 2.75) is 69.1 Å². The van der Waals surface area contributed by atoms with E-state index in [0.717, 1.165) is 11.2 Å². The van der Waals surface area contributed by atoms with E-state index in [1.54, 1.807) is 0 Å². The van der Waals surface area contributed by atoms with Crippen molar-refractivity contribution >= 4 is 77.5 Å². The highest BCUT2D eigenvalue weighted by Crippen LogP contribution is 2.61. The Kier molecular flexibility index (Phi) is 16.2. The van der Waals surface area contributed by atoms with E-state index >= 15 is 0 Å². The van der Waals surface area contributed by atoms with Crippen LogP contribution in [0.1, 0.15) is 26.7 Å². The van der Waals surface area contributed by atoms with Gasteiger partial charge in [0.15, 0.2) is 5.84 Å². The number of aliphatic hydroxyl groups excluding tert-OH is 3. The smallest absolute Gasteiger partial charge is 0.481 e. The zero-order valence-electron chi connectivity index (χ0n) is 29.3. The number of nitrogens with two attached hydrogens (primary N) is 1. The summed E-state index contributed by atoms with van der Waals surface area (Å²) in [5.74, 6) is -4.40. The topological polar surface area (TPSA) is 418 Å². The zero-order valence-corrected chi connectivity index (χ0v) is 32.9. The number of aliphatic imine (C=N–C) groups is 3. The number of carbonyl (C=O) groups excluding carboxylic acids is 3. The first-order valence-corrected chi connectivity index (χ1v) is 21.1. The van der Waals surface area contributed by atoms with Gasteiger partial charge in [-0.3, -0.25) is 37.7 Å². The molecule has 1 saturated heterocycles. The lowest BCUT2D eigenvalue weighted by atomic mass is 9.87. The van der Waals surface area contributed by atoms with Gasteiger partial charge in [0.25, 0.3) is 0 Å². The summed E-state index contributed by atoms with van der Waals surface area (Å²) in [6.07, 6.45) is -13.0. The van der Waals surface area contributed by atoms with E-state index in [0.29, 0.717) is 5.75 Å². The molecule has 0 aromatic carbocycles. The third-order valence-electron chi connectivity index (χ3n) is 7.98. The van der Waals surface area contributed by atoms with E-state index < -0.39 is 133 Å². The molecule has 3 heterocycles. The van der Waals surface area contributed by atoms with Gasteiger partial charge >= 0.3 is 29.4 Å². The molecular formula is C25H42N7O20P3S. The van der Waals surface area contributed by atoms with Gasteiger partial charge in [-0.1, -0.05) is 13.8 Å². The second-order valence-corrected chi connectivity index (χ2v) is 17.4. The minimum absolute atomic E-state index is 0.141. The van der Waals surface area contributed by atoms with Crippen molar-refractivity contribution in [2.75, 3.05) is 38.7 Å². The number of thiol groups is 1. The predicted molar refractivity (Wildman–Crippen MR) is 189 cm³/mol. The molecule has 2 amide bonds. The highest BCUT2D eigenvalue weighted by Gasteiger charge is 2.62. The van der Waals surface area contributed by atoms with Crippen LogP contribution < -0.4 is 16.4 Å². The van der Waals surface area contributed by atoms with E-state index in [2.05, 4.69) is 47.1 Å². The van der Waals surface area contributed by atoms with Gasteiger partial charge in [-0.15, -0.1) is 0 Å². The predicted octanol–water partition coefficient (Wildman–Crippen LogP) is -4.05. The molecule has 3 rings (SSSR count). The van der Waals surface area contributed by atoms with E-state index in [9.17, 15) is 67.8 Å². The van der Waals surface area contributed by atoms with Crippen LogP contribution in [0.3, 0.4) is 0 Å². The van der Waals surface area contributed by atoms with Gasteiger partial charge in [0, 0.05) is 30.7 Å². The number of phosphoric ester groups is 3. The molecular weight excluding hydrogens is 843 g/mol. The Hall–Kier alpha value is -2.59. The first kappa shape index (κ1) is 47.8. The highest BCUT2D eigenvalue weighted by molar-refractivity contribution is 7.80. The van der Waals surface area contributed by atoms with Gasteiger partial charge < -0.3 is 61.1 Å². The Bertz CT molecular complexity index is 1750. The first-order valence-electron chi connectivity index (χ1n) is 16.0. The van der Waals surface area contributed by atoms with Gasteiger partial charge in [-0.25, -0.2) is 28.6 Å². The number of carbonyl (C=O) groups is 4. The van der Waals surface area contributed by atoms with E-state index in [1.807, 2.05) is 0 Å². The number of Topliss-reactive ketones (excluding diaryl/α,β-unsaturated/α-hetero) is 1. The van der Waals surface area contributed by atoms with Crippen molar-refractivity contribution in [3.8, 4) is 0 Å². The molecule has 5 unspecified atom stereocenters. The SMILES string of the molecule is CC(C)(COP(=O)(O)OP(=O)(O)OC[C@H]1O[C@@H](N2CN=C3C(N)=NC=NC32C(=O)C(O)CC(=O)O)[C@H](O)[C@@H]1OP(=O)(O)O)C(O)C(=O)NCCC(=O)NCCS. The number of hydrogen-bond donors (Lipinski definition) is 12. The van der Waals surface area contributed by atoms with Crippen molar-refractivity contribution in [3.63, 3.8) is 0 Å².